The van der Waals surface area contributed by atoms with Crippen molar-refractivity contribution in [3.63, 3.8) is 0 Å². The summed E-state index contributed by atoms with van der Waals surface area (Å²) in [5.41, 5.74) is 3.40. The average Bonchev–Trinajstić information content (AvgIpc) is 2.67. The van der Waals surface area contributed by atoms with Crippen molar-refractivity contribution in [1.82, 2.24) is 5.32 Å². The van der Waals surface area contributed by atoms with Crippen molar-refractivity contribution in [2.75, 3.05) is 18.5 Å². The van der Waals surface area contributed by atoms with E-state index in [-0.39, 0.29) is 11.4 Å². The Bertz CT molecular complexity index is 815. The summed E-state index contributed by atoms with van der Waals surface area (Å²) in [6.45, 7) is 12.0. The number of urea groups is 1. The predicted molar refractivity (Wildman–Crippen MR) is 125 cm³/mol. The Labute approximate surface area is 183 Å². The van der Waals surface area contributed by atoms with E-state index in [1.807, 2.05) is 24.3 Å². The Kier molecular flexibility index (Phi) is 8.57. The van der Waals surface area contributed by atoms with Gasteiger partial charge >= 0.3 is 6.03 Å². The first kappa shape index (κ1) is 23.3. The second kappa shape index (κ2) is 10.7. The number of hydrogen-bond donors (Lipinski definition) is 2. The van der Waals surface area contributed by atoms with Crippen molar-refractivity contribution in [2.24, 2.45) is 0 Å². The highest BCUT2D eigenvalue weighted by atomic mass is 79.9. The van der Waals surface area contributed by atoms with Crippen molar-refractivity contribution in [3.05, 3.63) is 58.1 Å². The Morgan fingerprint density at radius 2 is 1.90 bits per heavy atom. The molecule has 2 amide bonds. The first-order valence-corrected chi connectivity index (χ1v) is 11.1. The molecule has 0 aromatic heterocycles. The third-order valence-corrected chi connectivity index (χ3v) is 5.63. The lowest BCUT2D eigenvalue weighted by molar-refractivity contribution is 0.250. The first-order valence-electron chi connectivity index (χ1n) is 10.3. The van der Waals surface area contributed by atoms with E-state index in [0.29, 0.717) is 19.1 Å². The molecule has 0 aliphatic carbocycles. The van der Waals surface area contributed by atoms with Gasteiger partial charge in [-0.15, -0.1) is 0 Å². The SMILES string of the molecule is CCC(C)c1ccccc1NC(=O)NCCCOc1ccc(C(C)(C)C)cc1Br. The standard InChI is InChI=1S/C24H33BrN2O2/c1-6-17(2)19-10-7-8-11-21(19)27-23(28)26-14-9-15-29-22-13-12-18(16-20(22)25)24(3,4)5/h7-8,10-13,16-17H,6,9,14-15H2,1-5H3,(H2,26,27,28). The van der Waals surface area contributed by atoms with Crippen LogP contribution in [-0.4, -0.2) is 19.2 Å². The number of halogens is 1. The van der Waals surface area contributed by atoms with Gasteiger partial charge in [0, 0.05) is 12.2 Å². The van der Waals surface area contributed by atoms with Gasteiger partial charge in [-0.25, -0.2) is 4.79 Å². The Morgan fingerprint density at radius 1 is 1.17 bits per heavy atom. The molecule has 0 aliphatic heterocycles. The molecule has 2 rings (SSSR count). The molecule has 2 aromatic carbocycles. The highest BCUT2D eigenvalue weighted by Gasteiger charge is 2.15. The molecule has 0 saturated heterocycles. The summed E-state index contributed by atoms with van der Waals surface area (Å²) < 4.78 is 6.81. The molecule has 2 aromatic rings. The summed E-state index contributed by atoms with van der Waals surface area (Å²) in [6, 6.07) is 14.0. The largest absolute Gasteiger partial charge is 0.492 e. The summed E-state index contributed by atoms with van der Waals surface area (Å²) in [6.07, 6.45) is 1.76. The van der Waals surface area contributed by atoms with Gasteiger partial charge in [0.25, 0.3) is 0 Å². The van der Waals surface area contributed by atoms with Gasteiger partial charge in [-0.05, 0) is 69.4 Å². The number of amides is 2. The lowest BCUT2D eigenvalue weighted by atomic mass is 9.87. The van der Waals surface area contributed by atoms with E-state index in [4.69, 9.17) is 4.74 Å². The number of rotatable bonds is 8. The van der Waals surface area contributed by atoms with E-state index in [2.05, 4.69) is 79.4 Å². The first-order chi connectivity index (χ1) is 13.7. The molecule has 5 heteroatoms. The van der Waals surface area contributed by atoms with Crippen LogP contribution in [0.1, 0.15) is 64.5 Å². The van der Waals surface area contributed by atoms with E-state index in [9.17, 15) is 4.79 Å². The highest BCUT2D eigenvalue weighted by Crippen LogP contribution is 2.31. The Hall–Kier alpha value is -2.01. The van der Waals surface area contributed by atoms with E-state index >= 15 is 0 Å². The molecule has 4 nitrogen and oxygen atoms in total. The van der Waals surface area contributed by atoms with Crippen LogP contribution in [0.3, 0.4) is 0 Å². The zero-order chi connectivity index (χ0) is 21.4. The van der Waals surface area contributed by atoms with E-state index in [0.717, 1.165) is 34.3 Å². The van der Waals surface area contributed by atoms with Crippen LogP contribution in [0.5, 0.6) is 5.75 Å². The molecule has 0 spiro atoms. The molecule has 0 fully saturated rings. The summed E-state index contributed by atoms with van der Waals surface area (Å²) in [4.78, 5) is 12.2. The molecule has 0 saturated carbocycles. The van der Waals surface area contributed by atoms with Gasteiger partial charge in [0.2, 0.25) is 0 Å². The van der Waals surface area contributed by atoms with Crippen LogP contribution >= 0.6 is 15.9 Å². The Morgan fingerprint density at radius 3 is 2.55 bits per heavy atom. The molecule has 29 heavy (non-hydrogen) atoms. The summed E-state index contributed by atoms with van der Waals surface area (Å²) in [7, 11) is 0. The third-order valence-electron chi connectivity index (χ3n) is 5.01. The van der Waals surface area contributed by atoms with Crippen LogP contribution < -0.4 is 15.4 Å². The van der Waals surface area contributed by atoms with Crippen LogP contribution in [0.4, 0.5) is 10.5 Å². The zero-order valence-electron chi connectivity index (χ0n) is 18.1. The molecule has 1 unspecified atom stereocenters. The molecular weight excluding hydrogens is 428 g/mol. The lowest BCUT2D eigenvalue weighted by Gasteiger charge is -2.20. The Balaban J connectivity index is 1.77. The molecule has 0 heterocycles. The fourth-order valence-corrected chi connectivity index (χ4v) is 3.46. The smallest absolute Gasteiger partial charge is 0.319 e. The van der Waals surface area contributed by atoms with Gasteiger partial charge < -0.3 is 15.4 Å². The summed E-state index contributed by atoms with van der Waals surface area (Å²) >= 11 is 3.59. The van der Waals surface area contributed by atoms with Crippen LogP contribution in [0.25, 0.3) is 0 Å². The van der Waals surface area contributed by atoms with Crippen LogP contribution in [0.15, 0.2) is 46.9 Å². The number of para-hydroxylation sites is 1. The molecule has 0 aliphatic rings. The van der Waals surface area contributed by atoms with Gasteiger partial charge in [0.1, 0.15) is 5.75 Å². The van der Waals surface area contributed by atoms with Gasteiger partial charge in [-0.2, -0.15) is 0 Å². The lowest BCUT2D eigenvalue weighted by Crippen LogP contribution is -2.30. The van der Waals surface area contributed by atoms with E-state index < -0.39 is 0 Å². The molecule has 1 atom stereocenters. The topological polar surface area (TPSA) is 50.4 Å². The third kappa shape index (κ3) is 7.07. The van der Waals surface area contributed by atoms with Gasteiger partial charge in [0.15, 0.2) is 0 Å². The molecule has 2 N–H and O–H groups in total. The predicted octanol–water partition coefficient (Wildman–Crippen LogP) is 6.85. The van der Waals surface area contributed by atoms with Gasteiger partial charge in [-0.1, -0.05) is 58.9 Å². The van der Waals surface area contributed by atoms with Crippen molar-refractivity contribution < 1.29 is 9.53 Å². The number of carbonyl (C=O) groups excluding carboxylic acids is 1. The molecular formula is C24H33BrN2O2. The average molecular weight is 461 g/mol. The number of nitrogens with one attached hydrogen (secondary N) is 2. The molecule has 158 valence electrons. The molecule has 0 bridgehead atoms. The quantitative estimate of drug-likeness (QED) is 0.423. The highest BCUT2D eigenvalue weighted by molar-refractivity contribution is 9.10. The monoisotopic (exact) mass is 460 g/mol. The summed E-state index contributed by atoms with van der Waals surface area (Å²) in [5, 5.41) is 5.87. The van der Waals surface area contributed by atoms with Crippen molar-refractivity contribution >= 4 is 27.6 Å². The van der Waals surface area contributed by atoms with Crippen LogP contribution in [-0.2, 0) is 5.41 Å². The van der Waals surface area contributed by atoms with Crippen LogP contribution in [0, 0.1) is 0 Å². The fraction of sp³-hybridized carbons (Fsp3) is 0.458. The number of carbonyl (C=O) groups is 1. The maximum absolute atomic E-state index is 12.2. The minimum absolute atomic E-state index is 0.103. The number of anilines is 1. The zero-order valence-corrected chi connectivity index (χ0v) is 19.7. The number of benzene rings is 2. The van der Waals surface area contributed by atoms with Gasteiger partial charge in [0.05, 0.1) is 11.1 Å². The number of ether oxygens (including phenoxy) is 1. The minimum atomic E-state index is -0.184. The molecule has 0 radical (unpaired) electrons. The second-order valence-electron chi connectivity index (χ2n) is 8.37. The summed E-state index contributed by atoms with van der Waals surface area (Å²) in [5.74, 6) is 1.23. The minimum Gasteiger partial charge on any atom is -0.492 e. The van der Waals surface area contributed by atoms with Crippen molar-refractivity contribution in [1.29, 1.82) is 0 Å². The van der Waals surface area contributed by atoms with Crippen molar-refractivity contribution in [3.8, 4) is 5.75 Å². The van der Waals surface area contributed by atoms with Crippen LogP contribution in [0.2, 0.25) is 0 Å². The normalized spacial score (nSPS) is 12.3. The van der Waals surface area contributed by atoms with E-state index in [1.165, 1.54) is 5.56 Å². The maximum Gasteiger partial charge on any atom is 0.319 e. The second-order valence-corrected chi connectivity index (χ2v) is 9.23. The van der Waals surface area contributed by atoms with E-state index in [1.54, 1.807) is 0 Å². The number of hydrogen-bond acceptors (Lipinski definition) is 2. The van der Waals surface area contributed by atoms with Gasteiger partial charge in [-0.3, -0.25) is 0 Å². The fourth-order valence-electron chi connectivity index (χ4n) is 2.97. The maximum atomic E-state index is 12.2. The van der Waals surface area contributed by atoms with Crippen molar-refractivity contribution in [2.45, 2.75) is 58.8 Å².